The largest absolute Gasteiger partial charge is 0.338 e. The Morgan fingerprint density at radius 2 is 1.56 bits per heavy atom. The van der Waals surface area contributed by atoms with Crippen molar-refractivity contribution in [3.63, 3.8) is 0 Å². The number of benzene rings is 1. The average Bonchev–Trinajstić information content (AvgIpc) is 3.21. The van der Waals surface area contributed by atoms with E-state index >= 15 is 0 Å². The smallest absolute Gasteiger partial charge is 0.320 e. The third-order valence-electron chi connectivity index (χ3n) is 5.86. The maximum Gasteiger partial charge on any atom is 0.320 e. The number of hydrogen-bond donors (Lipinski definition) is 0. The van der Waals surface area contributed by atoms with Crippen LogP contribution < -0.4 is 0 Å². The number of nitrogens with zero attached hydrogens (tertiary/aromatic N) is 3. The highest BCUT2D eigenvalue weighted by molar-refractivity contribution is 5.81. The molecular formula is C20H27N3O2. The van der Waals surface area contributed by atoms with E-state index in [4.69, 9.17) is 0 Å². The molecule has 3 aliphatic rings. The standard InChI is InChI=1S/C20H27N3O2/c24-19(22-13-9-16-6-1-2-7-17(16)14-22)18-8-5-12-23(15-18)20(25)21-10-3-4-11-21/h1-2,6-7,18H,3-5,8-15H2. The molecule has 1 aromatic rings. The van der Waals surface area contributed by atoms with Crippen molar-refractivity contribution in [2.24, 2.45) is 5.92 Å². The van der Waals surface area contributed by atoms with Crippen LogP contribution in [0, 0.1) is 5.92 Å². The summed E-state index contributed by atoms with van der Waals surface area (Å²) < 4.78 is 0. The molecule has 3 aliphatic heterocycles. The maximum absolute atomic E-state index is 13.0. The van der Waals surface area contributed by atoms with Gasteiger partial charge < -0.3 is 14.7 Å². The van der Waals surface area contributed by atoms with E-state index in [1.165, 1.54) is 11.1 Å². The van der Waals surface area contributed by atoms with E-state index in [1.807, 2.05) is 20.8 Å². The van der Waals surface area contributed by atoms with Gasteiger partial charge in [-0.3, -0.25) is 4.79 Å². The number of piperidine rings is 1. The minimum absolute atomic E-state index is 0.0365. The Bertz CT molecular complexity index is 654. The molecule has 3 heterocycles. The first kappa shape index (κ1) is 16.4. The molecule has 2 saturated heterocycles. The van der Waals surface area contributed by atoms with Gasteiger partial charge in [-0.15, -0.1) is 0 Å². The summed E-state index contributed by atoms with van der Waals surface area (Å²) in [7, 11) is 0. The van der Waals surface area contributed by atoms with Crippen molar-refractivity contribution in [1.82, 2.24) is 14.7 Å². The third kappa shape index (κ3) is 3.37. The number of fused-ring (bicyclic) bond motifs is 1. The first-order valence-corrected chi connectivity index (χ1v) is 9.62. The Morgan fingerprint density at radius 3 is 2.36 bits per heavy atom. The zero-order valence-corrected chi connectivity index (χ0v) is 14.8. The molecule has 0 aromatic heterocycles. The van der Waals surface area contributed by atoms with Gasteiger partial charge in [0.1, 0.15) is 0 Å². The zero-order valence-electron chi connectivity index (χ0n) is 14.8. The highest BCUT2D eigenvalue weighted by atomic mass is 16.2. The van der Waals surface area contributed by atoms with Crippen LogP contribution in [0.2, 0.25) is 0 Å². The van der Waals surface area contributed by atoms with Crippen LogP contribution in [0.1, 0.15) is 36.8 Å². The molecule has 0 saturated carbocycles. The number of carbonyl (C=O) groups excluding carboxylic acids is 2. The predicted molar refractivity (Wildman–Crippen MR) is 96.1 cm³/mol. The quantitative estimate of drug-likeness (QED) is 0.788. The van der Waals surface area contributed by atoms with Gasteiger partial charge in [-0.2, -0.15) is 0 Å². The van der Waals surface area contributed by atoms with Crippen molar-refractivity contribution < 1.29 is 9.59 Å². The predicted octanol–water partition coefficient (Wildman–Crippen LogP) is 2.50. The van der Waals surface area contributed by atoms with Gasteiger partial charge in [-0.25, -0.2) is 4.79 Å². The lowest BCUT2D eigenvalue weighted by molar-refractivity contribution is -0.137. The van der Waals surface area contributed by atoms with Crippen molar-refractivity contribution in [3.8, 4) is 0 Å². The summed E-state index contributed by atoms with van der Waals surface area (Å²) in [4.78, 5) is 31.5. The van der Waals surface area contributed by atoms with E-state index in [0.29, 0.717) is 13.1 Å². The van der Waals surface area contributed by atoms with Crippen molar-refractivity contribution in [2.75, 3.05) is 32.7 Å². The summed E-state index contributed by atoms with van der Waals surface area (Å²) in [6.07, 6.45) is 4.98. The van der Waals surface area contributed by atoms with E-state index in [-0.39, 0.29) is 17.9 Å². The minimum Gasteiger partial charge on any atom is -0.338 e. The molecule has 2 fully saturated rings. The summed E-state index contributed by atoms with van der Waals surface area (Å²) in [6.45, 7) is 4.64. The second-order valence-corrected chi connectivity index (χ2v) is 7.54. The van der Waals surface area contributed by atoms with Crippen LogP contribution in [-0.2, 0) is 17.8 Å². The lowest BCUT2D eigenvalue weighted by Gasteiger charge is -2.38. The summed E-state index contributed by atoms with van der Waals surface area (Å²) in [5, 5.41) is 0. The number of hydrogen-bond acceptors (Lipinski definition) is 2. The van der Waals surface area contributed by atoms with E-state index in [0.717, 1.165) is 58.3 Å². The molecule has 0 aliphatic carbocycles. The summed E-state index contributed by atoms with van der Waals surface area (Å²) in [6, 6.07) is 8.54. The number of rotatable bonds is 1. The Hall–Kier alpha value is -2.04. The molecule has 0 spiro atoms. The molecule has 1 unspecified atom stereocenters. The lowest BCUT2D eigenvalue weighted by atomic mass is 9.94. The van der Waals surface area contributed by atoms with Crippen LogP contribution in [-0.4, -0.2) is 59.4 Å². The zero-order chi connectivity index (χ0) is 17.2. The minimum atomic E-state index is -0.0365. The summed E-state index contributed by atoms with van der Waals surface area (Å²) in [5.74, 6) is 0.194. The van der Waals surface area contributed by atoms with E-state index in [2.05, 4.69) is 18.2 Å². The SMILES string of the molecule is O=C(C1CCCN(C(=O)N2CCCC2)C1)N1CCc2ccccc2C1. The van der Waals surface area contributed by atoms with Crippen LogP contribution in [0.3, 0.4) is 0 Å². The van der Waals surface area contributed by atoms with Gasteiger partial charge in [0.15, 0.2) is 0 Å². The topological polar surface area (TPSA) is 43.9 Å². The molecule has 0 N–H and O–H groups in total. The highest BCUT2D eigenvalue weighted by Crippen LogP contribution is 2.25. The van der Waals surface area contributed by atoms with E-state index in [1.54, 1.807) is 0 Å². The third-order valence-corrected chi connectivity index (χ3v) is 5.86. The summed E-state index contributed by atoms with van der Waals surface area (Å²) >= 11 is 0. The molecule has 1 atom stereocenters. The van der Waals surface area contributed by atoms with Gasteiger partial charge in [0.2, 0.25) is 5.91 Å². The number of likely N-dealkylation sites (tertiary alicyclic amines) is 2. The second kappa shape index (κ2) is 7.06. The van der Waals surface area contributed by atoms with E-state index in [9.17, 15) is 9.59 Å². The van der Waals surface area contributed by atoms with Gasteiger partial charge in [-0.1, -0.05) is 24.3 Å². The fraction of sp³-hybridized carbons (Fsp3) is 0.600. The molecule has 0 bridgehead atoms. The van der Waals surface area contributed by atoms with Crippen LogP contribution >= 0.6 is 0 Å². The van der Waals surface area contributed by atoms with E-state index < -0.39 is 0 Å². The molecular weight excluding hydrogens is 314 g/mol. The van der Waals surface area contributed by atoms with Gasteiger partial charge in [0.05, 0.1) is 5.92 Å². The fourth-order valence-corrected chi connectivity index (χ4v) is 4.40. The van der Waals surface area contributed by atoms with Gasteiger partial charge in [-0.05, 0) is 43.2 Å². The molecule has 5 nitrogen and oxygen atoms in total. The van der Waals surface area contributed by atoms with Crippen molar-refractivity contribution in [2.45, 2.75) is 38.6 Å². The molecule has 0 radical (unpaired) electrons. The normalized spacial score (nSPS) is 23.5. The van der Waals surface area contributed by atoms with Crippen molar-refractivity contribution >= 4 is 11.9 Å². The molecule has 3 amide bonds. The van der Waals surface area contributed by atoms with Crippen LogP contribution in [0.15, 0.2) is 24.3 Å². The molecule has 25 heavy (non-hydrogen) atoms. The average molecular weight is 341 g/mol. The number of urea groups is 1. The Kier molecular flexibility index (Phi) is 4.64. The van der Waals surface area contributed by atoms with Gasteiger partial charge in [0.25, 0.3) is 0 Å². The van der Waals surface area contributed by atoms with Crippen LogP contribution in [0.25, 0.3) is 0 Å². The first-order valence-electron chi connectivity index (χ1n) is 9.62. The highest BCUT2D eigenvalue weighted by Gasteiger charge is 2.34. The number of amides is 3. The van der Waals surface area contributed by atoms with Crippen molar-refractivity contribution in [3.05, 3.63) is 35.4 Å². The first-order chi connectivity index (χ1) is 12.2. The molecule has 134 valence electrons. The summed E-state index contributed by atoms with van der Waals surface area (Å²) in [5.41, 5.74) is 2.63. The Labute approximate surface area is 149 Å². The monoisotopic (exact) mass is 341 g/mol. The molecule has 1 aromatic carbocycles. The van der Waals surface area contributed by atoms with Crippen molar-refractivity contribution in [1.29, 1.82) is 0 Å². The number of carbonyl (C=O) groups is 2. The maximum atomic E-state index is 13.0. The molecule has 5 heteroatoms. The molecule has 4 rings (SSSR count). The van der Waals surface area contributed by atoms with Crippen LogP contribution in [0.4, 0.5) is 4.79 Å². The fourth-order valence-electron chi connectivity index (χ4n) is 4.40. The van der Waals surface area contributed by atoms with Gasteiger partial charge >= 0.3 is 6.03 Å². The Balaban J connectivity index is 1.39. The van der Waals surface area contributed by atoms with Gasteiger partial charge in [0, 0.05) is 39.3 Å². The second-order valence-electron chi connectivity index (χ2n) is 7.54. The lowest BCUT2D eigenvalue weighted by Crippen LogP contribution is -2.50. The van der Waals surface area contributed by atoms with Crippen LogP contribution in [0.5, 0.6) is 0 Å². The Morgan fingerprint density at radius 1 is 0.840 bits per heavy atom.